The topological polar surface area (TPSA) is 27.1 Å². The van der Waals surface area contributed by atoms with Gasteiger partial charge in [-0.1, -0.05) is 12.1 Å². The molecule has 0 aliphatic rings. The fourth-order valence-corrected chi connectivity index (χ4v) is 1.85. The van der Waals surface area contributed by atoms with E-state index < -0.39 is 0 Å². The van der Waals surface area contributed by atoms with Crippen LogP contribution in [0.25, 0.3) is 0 Å². The molecule has 1 aromatic carbocycles. The number of para-hydroxylation sites is 1. The maximum absolute atomic E-state index is 5.69. The molecule has 2 rings (SSSR count). The molecule has 4 heteroatoms. The van der Waals surface area contributed by atoms with Crippen molar-refractivity contribution in [3.05, 3.63) is 47.0 Å². The zero-order valence-corrected chi connectivity index (χ0v) is 11.5. The van der Waals surface area contributed by atoms with E-state index in [1.807, 2.05) is 36.8 Å². The Morgan fingerprint density at radius 3 is 2.76 bits per heavy atom. The SMILES string of the molecule is CC(C)n1cnc(COc2ccccc2Br)c1. The van der Waals surface area contributed by atoms with Crippen LogP contribution in [0.1, 0.15) is 25.6 Å². The lowest BCUT2D eigenvalue weighted by Gasteiger charge is -2.06. The largest absolute Gasteiger partial charge is 0.486 e. The molecular weight excluding hydrogens is 280 g/mol. The highest BCUT2D eigenvalue weighted by Crippen LogP contribution is 2.24. The molecule has 0 unspecified atom stereocenters. The van der Waals surface area contributed by atoms with Crippen LogP contribution in [-0.4, -0.2) is 9.55 Å². The Kier molecular flexibility index (Phi) is 3.84. The highest BCUT2D eigenvalue weighted by molar-refractivity contribution is 9.10. The number of hydrogen-bond acceptors (Lipinski definition) is 2. The van der Waals surface area contributed by atoms with Crippen molar-refractivity contribution in [2.45, 2.75) is 26.5 Å². The van der Waals surface area contributed by atoms with E-state index in [9.17, 15) is 0 Å². The molecule has 0 amide bonds. The Bertz CT molecular complexity index is 494. The second-order valence-electron chi connectivity index (χ2n) is 4.13. The lowest BCUT2D eigenvalue weighted by atomic mass is 10.3. The van der Waals surface area contributed by atoms with Gasteiger partial charge in [-0.3, -0.25) is 0 Å². The van der Waals surface area contributed by atoms with Crippen LogP contribution in [-0.2, 0) is 6.61 Å². The number of rotatable bonds is 4. The van der Waals surface area contributed by atoms with Gasteiger partial charge in [0.1, 0.15) is 12.4 Å². The third-order valence-electron chi connectivity index (χ3n) is 2.46. The Labute approximate surface area is 110 Å². The third-order valence-corrected chi connectivity index (χ3v) is 3.12. The van der Waals surface area contributed by atoms with Crippen molar-refractivity contribution in [2.24, 2.45) is 0 Å². The highest BCUT2D eigenvalue weighted by Gasteiger charge is 2.04. The van der Waals surface area contributed by atoms with Gasteiger partial charge in [0.25, 0.3) is 0 Å². The maximum atomic E-state index is 5.69. The van der Waals surface area contributed by atoms with Gasteiger partial charge in [-0.15, -0.1) is 0 Å². The molecule has 0 bridgehead atoms. The molecular formula is C13H15BrN2O. The quantitative estimate of drug-likeness (QED) is 0.857. The van der Waals surface area contributed by atoms with Crippen molar-refractivity contribution in [3.8, 4) is 5.75 Å². The molecule has 0 saturated heterocycles. The Morgan fingerprint density at radius 2 is 2.12 bits per heavy atom. The van der Waals surface area contributed by atoms with Crippen molar-refractivity contribution in [1.82, 2.24) is 9.55 Å². The van der Waals surface area contributed by atoms with Crippen LogP contribution in [0.3, 0.4) is 0 Å². The molecule has 0 saturated carbocycles. The minimum Gasteiger partial charge on any atom is -0.486 e. The minimum atomic E-state index is 0.430. The van der Waals surface area contributed by atoms with Gasteiger partial charge in [0, 0.05) is 12.2 Å². The van der Waals surface area contributed by atoms with Gasteiger partial charge in [-0.25, -0.2) is 4.98 Å². The summed E-state index contributed by atoms with van der Waals surface area (Å²) in [6.45, 7) is 4.74. The number of benzene rings is 1. The Morgan fingerprint density at radius 1 is 1.35 bits per heavy atom. The van der Waals surface area contributed by atoms with Crippen LogP contribution in [0.4, 0.5) is 0 Å². The molecule has 0 aliphatic heterocycles. The standard InChI is InChI=1S/C13H15BrN2O/c1-10(2)16-7-11(15-9-16)8-17-13-6-4-3-5-12(13)14/h3-7,9-10H,8H2,1-2H3. The number of aromatic nitrogens is 2. The van der Waals surface area contributed by atoms with E-state index in [-0.39, 0.29) is 0 Å². The minimum absolute atomic E-state index is 0.430. The molecule has 2 aromatic rings. The van der Waals surface area contributed by atoms with Crippen LogP contribution in [0, 0.1) is 0 Å². The fraction of sp³-hybridized carbons (Fsp3) is 0.308. The van der Waals surface area contributed by atoms with Gasteiger partial charge in [0.05, 0.1) is 16.5 Å². The first kappa shape index (κ1) is 12.2. The number of ether oxygens (including phenoxy) is 1. The van der Waals surface area contributed by atoms with E-state index in [4.69, 9.17) is 4.74 Å². The zero-order valence-electron chi connectivity index (χ0n) is 9.93. The second kappa shape index (κ2) is 5.36. The molecule has 0 radical (unpaired) electrons. The zero-order chi connectivity index (χ0) is 12.3. The van der Waals surface area contributed by atoms with Gasteiger partial charge in [0.2, 0.25) is 0 Å². The van der Waals surface area contributed by atoms with Gasteiger partial charge in [0.15, 0.2) is 0 Å². The van der Waals surface area contributed by atoms with Crippen LogP contribution in [0.2, 0.25) is 0 Å². The van der Waals surface area contributed by atoms with Crippen LogP contribution in [0.15, 0.2) is 41.3 Å². The van der Waals surface area contributed by atoms with Gasteiger partial charge >= 0.3 is 0 Å². The average molecular weight is 295 g/mol. The molecule has 1 heterocycles. The van der Waals surface area contributed by atoms with Crippen molar-refractivity contribution < 1.29 is 4.74 Å². The highest BCUT2D eigenvalue weighted by atomic mass is 79.9. The Balaban J connectivity index is 2.00. The average Bonchev–Trinajstić information content (AvgIpc) is 2.77. The monoisotopic (exact) mass is 294 g/mol. The van der Waals surface area contributed by atoms with E-state index in [1.54, 1.807) is 0 Å². The summed E-state index contributed by atoms with van der Waals surface area (Å²) in [4.78, 5) is 4.30. The van der Waals surface area contributed by atoms with Gasteiger partial charge in [-0.05, 0) is 41.9 Å². The first-order valence-corrected chi connectivity index (χ1v) is 6.36. The second-order valence-corrected chi connectivity index (χ2v) is 4.98. The van der Waals surface area contributed by atoms with E-state index >= 15 is 0 Å². The van der Waals surface area contributed by atoms with Crippen molar-refractivity contribution in [2.75, 3.05) is 0 Å². The van der Waals surface area contributed by atoms with Crippen molar-refractivity contribution >= 4 is 15.9 Å². The molecule has 90 valence electrons. The molecule has 0 spiro atoms. The van der Waals surface area contributed by atoms with Gasteiger partial charge in [-0.2, -0.15) is 0 Å². The predicted molar refractivity (Wildman–Crippen MR) is 71.1 cm³/mol. The smallest absolute Gasteiger partial charge is 0.134 e. The lowest BCUT2D eigenvalue weighted by Crippen LogP contribution is -1.98. The summed E-state index contributed by atoms with van der Waals surface area (Å²) in [6.07, 6.45) is 3.85. The fourth-order valence-electron chi connectivity index (χ4n) is 1.45. The first-order valence-electron chi connectivity index (χ1n) is 5.56. The maximum Gasteiger partial charge on any atom is 0.134 e. The molecule has 3 nitrogen and oxygen atoms in total. The molecule has 0 aliphatic carbocycles. The molecule has 0 atom stereocenters. The van der Waals surface area contributed by atoms with E-state index in [0.717, 1.165) is 15.9 Å². The van der Waals surface area contributed by atoms with Crippen LogP contribution >= 0.6 is 15.9 Å². The summed E-state index contributed by atoms with van der Waals surface area (Å²) >= 11 is 3.45. The summed E-state index contributed by atoms with van der Waals surface area (Å²) in [7, 11) is 0. The number of nitrogens with zero attached hydrogens (tertiary/aromatic N) is 2. The lowest BCUT2D eigenvalue weighted by molar-refractivity contribution is 0.300. The van der Waals surface area contributed by atoms with Crippen LogP contribution in [0.5, 0.6) is 5.75 Å². The number of hydrogen-bond donors (Lipinski definition) is 0. The third kappa shape index (κ3) is 3.09. The molecule has 0 fully saturated rings. The number of imidazole rings is 1. The summed E-state index contributed by atoms with van der Waals surface area (Å²) in [6, 6.07) is 8.24. The van der Waals surface area contributed by atoms with E-state index in [1.165, 1.54) is 0 Å². The number of halogens is 1. The summed E-state index contributed by atoms with van der Waals surface area (Å²) < 4.78 is 8.72. The molecule has 0 N–H and O–H groups in total. The first-order chi connectivity index (χ1) is 8.16. The summed E-state index contributed by atoms with van der Waals surface area (Å²) in [5.41, 5.74) is 0.939. The van der Waals surface area contributed by atoms with E-state index in [2.05, 4.69) is 39.3 Å². The normalized spacial score (nSPS) is 10.8. The summed E-state index contributed by atoms with van der Waals surface area (Å²) in [5, 5.41) is 0. The van der Waals surface area contributed by atoms with Crippen molar-refractivity contribution in [1.29, 1.82) is 0 Å². The summed E-state index contributed by atoms with van der Waals surface area (Å²) in [5.74, 6) is 0.839. The van der Waals surface area contributed by atoms with Gasteiger partial charge < -0.3 is 9.30 Å². The molecule has 17 heavy (non-hydrogen) atoms. The predicted octanol–water partition coefficient (Wildman–Crippen LogP) is 3.81. The van der Waals surface area contributed by atoms with Crippen LogP contribution < -0.4 is 4.74 Å². The Hall–Kier alpha value is -1.29. The van der Waals surface area contributed by atoms with E-state index in [0.29, 0.717) is 12.6 Å². The van der Waals surface area contributed by atoms with Crippen molar-refractivity contribution in [3.63, 3.8) is 0 Å². The molecule has 1 aromatic heterocycles.